The highest BCUT2D eigenvalue weighted by molar-refractivity contribution is 5.76. The van der Waals surface area contributed by atoms with Gasteiger partial charge in [0, 0.05) is 6.42 Å². The zero-order valence-electron chi connectivity index (χ0n) is 14.2. The van der Waals surface area contributed by atoms with E-state index in [0.717, 1.165) is 22.8 Å². The van der Waals surface area contributed by atoms with Crippen LogP contribution in [-0.2, 0) is 6.42 Å². The number of hydrogen-bond donors (Lipinski definition) is 0. The Morgan fingerprint density at radius 2 is 1.72 bits per heavy atom. The van der Waals surface area contributed by atoms with Crippen LogP contribution in [0.5, 0.6) is 0 Å². The average molecular weight is 330 g/mol. The SMILES string of the molecule is CCc1nc2c(cnn2-c2ccccc2)c(=O)n1-c1ccccc1C. The molecule has 0 unspecified atom stereocenters. The third-order valence-electron chi connectivity index (χ3n) is 4.34. The summed E-state index contributed by atoms with van der Waals surface area (Å²) in [5, 5.41) is 4.92. The average Bonchev–Trinajstić information content (AvgIpc) is 3.07. The lowest BCUT2D eigenvalue weighted by Crippen LogP contribution is -2.24. The first-order valence-corrected chi connectivity index (χ1v) is 8.31. The fourth-order valence-electron chi connectivity index (χ4n) is 3.07. The molecular formula is C20H18N4O. The molecule has 0 aliphatic carbocycles. The fourth-order valence-corrected chi connectivity index (χ4v) is 3.07. The first-order valence-electron chi connectivity index (χ1n) is 8.31. The van der Waals surface area contributed by atoms with Crippen molar-refractivity contribution in [1.82, 2.24) is 19.3 Å². The Balaban J connectivity index is 2.04. The molecule has 0 atom stereocenters. The van der Waals surface area contributed by atoms with E-state index in [-0.39, 0.29) is 5.56 Å². The van der Waals surface area contributed by atoms with Crippen molar-refractivity contribution >= 4 is 11.0 Å². The molecule has 0 bridgehead atoms. The number of aryl methyl sites for hydroxylation is 2. The second kappa shape index (κ2) is 6.02. The van der Waals surface area contributed by atoms with Crippen LogP contribution in [0, 0.1) is 6.92 Å². The molecule has 2 aromatic carbocycles. The van der Waals surface area contributed by atoms with Crippen LogP contribution in [0.3, 0.4) is 0 Å². The highest BCUT2D eigenvalue weighted by atomic mass is 16.1. The topological polar surface area (TPSA) is 52.7 Å². The molecule has 5 heteroatoms. The normalized spacial score (nSPS) is 11.1. The number of rotatable bonds is 3. The third-order valence-corrected chi connectivity index (χ3v) is 4.34. The van der Waals surface area contributed by atoms with Crippen molar-refractivity contribution < 1.29 is 0 Å². The number of hydrogen-bond acceptors (Lipinski definition) is 3. The van der Waals surface area contributed by atoms with Crippen LogP contribution in [0.2, 0.25) is 0 Å². The van der Waals surface area contributed by atoms with Gasteiger partial charge in [0.2, 0.25) is 0 Å². The van der Waals surface area contributed by atoms with E-state index in [2.05, 4.69) is 5.10 Å². The van der Waals surface area contributed by atoms with Gasteiger partial charge in [-0.05, 0) is 30.7 Å². The van der Waals surface area contributed by atoms with Crippen molar-refractivity contribution in [3.05, 3.63) is 82.5 Å². The zero-order chi connectivity index (χ0) is 17.4. The summed E-state index contributed by atoms with van der Waals surface area (Å²) in [5.41, 5.74) is 3.30. The molecule has 25 heavy (non-hydrogen) atoms. The van der Waals surface area contributed by atoms with Gasteiger partial charge >= 0.3 is 0 Å². The number of fused-ring (bicyclic) bond motifs is 1. The van der Waals surface area contributed by atoms with Gasteiger partial charge in [-0.15, -0.1) is 0 Å². The zero-order valence-corrected chi connectivity index (χ0v) is 14.2. The van der Waals surface area contributed by atoms with Crippen LogP contribution in [-0.4, -0.2) is 19.3 Å². The molecule has 4 rings (SSSR count). The Labute approximate surface area is 145 Å². The van der Waals surface area contributed by atoms with Crippen LogP contribution < -0.4 is 5.56 Å². The molecular weight excluding hydrogens is 312 g/mol. The van der Waals surface area contributed by atoms with Gasteiger partial charge < -0.3 is 0 Å². The van der Waals surface area contributed by atoms with Gasteiger partial charge in [-0.3, -0.25) is 9.36 Å². The van der Waals surface area contributed by atoms with E-state index in [1.165, 1.54) is 0 Å². The fraction of sp³-hybridized carbons (Fsp3) is 0.150. The maximum Gasteiger partial charge on any atom is 0.269 e. The molecule has 0 fully saturated rings. The van der Waals surface area contributed by atoms with Gasteiger partial charge in [0.25, 0.3) is 5.56 Å². The van der Waals surface area contributed by atoms with Gasteiger partial charge in [-0.1, -0.05) is 43.3 Å². The second-order valence-electron chi connectivity index (χ2n) is 5.94. The van der Waals surface area contributed by atoms with Crippen molar-refractivity contribution in [2.45, 2.75) is 20.3 Å². The molecule has 0 N–H and O–H groups in total. The van der Waals surface area contributed by atoms with Gasteiger partial charge in [0.15, 0.2) is 5.65 Å². The first kappa shape index (κ1) is 15.3. The molecule has 2 heterocycles. The molecule has 0 aliphatic heterocycles. The van der Waals surface area contributed by atoms with Crippen LogP contribution in [0.1, 0.15) is 18.3 Å². The maximum absolute atomic E-state index is 13.2. The Morgan fingerprint density at radius 1 is 1.00 bits per heavy atom. The minimum atomic E-state index is -0.0849. The summed E-state index contributed by atoms with van der Waals surface area (Å²) in [5.74, 6) is 0.726. The van der Waals surface area contributed by atoms with Gasteiger partial charge in [0.1, 0.15) is 11.2 Å². The van der Waals surface area contributed by atoms with E-state index < -0.39 is 0 Å². The quantitative estimate of drug-likeness (QED) is 0.578. The van der Waals surface area contributed by atoms with Crippen molar-refractivity contribution in [2.75, 3.05) is 0 Å². The molecule has 4 aromatic rings. The lowest BCUT2D eigenvalue weighted by atomic mass is 10.2. The third kappa shape index (κ3) is 2.45. The standard InChI is InChI=1S/C20H18N4O/c1-3-18-22-19-16(13-21-24(19)15-10-5-4-6-11-15)20(25)23(18)17-12-8-7-9-14(17)2/h4-13H,3H2,1-2H3. The molecule has 0 amide bonds. The minimum Gasteiger partial charge on any atom is -0.268 e. The lowest BCUT2D eigenvalue weighted by molar-refractivity contribution is 0.813. The van der Waals surface area contributed by atoms with E-state index >= 15 is 0 Å². The van der Waals surface area contributed by atoms with Crippen molar-refractivity contribution in [2.24, 2.45) is 0 Å². The van der Waals surface area contributed by atoms with E-state index in [1.807, 2.05) is 68.4 Å². The summed E-state index contributed by atoms with van der Waals surface area (Å²) in [6.45, 7) is 4.00. The summed E-state index contributed by atoms with van der Waals surface area (Å²) in [6.07, 6.45) is 2.26. The molecule has 5 nitrogen and oxygen atoms in total. The van der Waals surface area contributed by atoms with Crippen LogP contribution >= 0.6 is 0 Å². The van der Waals surface area contributed by atoms with Crippen molar-refractivity contribution in [3.8, 4) is 11.4 Å². The minimum absolute atomic E-state index is 0.0849. The Hall–Kier alpha value is -3.21. The molecule has 124 valence electrons. The maximum atomic E-state index is 13.2. The molecule has 0 spiro atoms. The summed E-state index contributed by atoms with van der Waals surface area (Å²) in [7, 11) is 0. The lowest BCUT2D eigenvalue weighted by Gasteiger charge is -2.14. The van der Waals surface area contributed by atoms with E-state index in [4.69, 9.17) is 4.98 Å². The molecule has 0 aliphatic rings. The van der Waals surface area contributed by atoms with Gasteiger partial charge in [-0.25, -0.2) is 9.67 Å². The van der Waals surface area contributed by atoms with Gasteiger partial charge in [-0.2, -0.15) is 5.10 Å². The first-order chi connectivity index (χ1) is 12.2. The van der Waals surface area contributed by atoms with Crippen LogP contribution in [0.4, 0.5) is 0 Å². The summed E-state index contributed by atoms with van der Waals surface area (Å²) >= 11 is 0. The number of nitrogens with zero attached hydrogens (tertiary/aromatic N) is 4. The highest BCUT2D eigenvalue weighted by Crippen LogP contribution is 2.18. The predicted octanol–water partition coefficient (Wildman–Crippen LogP) is 3.44. The number of para-hydroxylation sites is 2. The largest absolute Gasteiger partial charge is 0.269 e. The van der Waals surface area contributed by atoms with E-state index in [1.54, 1.807) is 15.4 Å². The van der Waals surface area contributed by atoms with E-state index in [9.17, 15) is 4.79 Å². The van der Waals surface area contributed by atoms with Crippen LogP contribution in [0.25, 0.3) is 22.4 Å². The highest BCUT2D eigenvalue weighted by Gasteiger charge is 2.17. The molecule has 0 saturated heterocycles. The molecule has 2 aromatic heterocycles. The summed E-state index contributed by atoms with van der Waals surface area (Å²) < 4.78 is 3.42. The Morgan fingerprint density at radius 3 is 2.44 bits per heavy atom. The monoisotopic (exact) mass is 330 g/mol. The number of benzene rings is 2. The van der Waals surface area contributed by atoms with Gasteiger partial charge in [0.05, 0.1) is 17.6 Å². The second-order valence-corrected chi connectivity index (χ2v) is 5.94. The van der Waals surface area contributed by atoms with Crippen molar-refractivity contribution in [3.63, 3.8) is 0 Å². The number of aromatic nitrogens is 4. The van der Waals surface area contributed by atoms with Crippen LogP contribution in [0.15, 0.2) is 65.6 Å². The molecule has 0 saturated carbocycles. The Bertz CT molecular complexity index is 1110. The Kier molecular flexibility index (Phi) is 3.69. The molecule has 0 radical (unpaired) electrons. The van der Waals surface area contributed by atoms with Crippen molar-refractivity contribution in [1.29, 1.82) is 0 Å². The predicted molar refractivity (Wildman–Crippen MR) is 98.6 cm³/mol. The smallest absolute Gasteiger partial charge is 0.268 e. The van der Waals surface area contributed by atoms with E-state index in [0.29, 0.717) is 17.5 Å². The summed E-state index contributed by atoms with van der Waals surface area (Å²) in [4.78, 5) is 17.9. The summed E-state index contributed by atoms with van der Waals surface area (Å²) in [6, 6.07) is 17.6.